The molecule has 2 rings (SSSR count). The van der Waals surface area contributed by atoms with Crippen LogP contribution in [0.5, 0.6) is 0 Å². The summed E-state index contributed by atoms with van der Waals surface area (Å²) >= 11 is 5.42. The fraction of sp³-hybridized carbons (Fsp3) is 0.733. The highest BCUT2D eigenvalue weighted by molar-refractivity contribution is 9.10. The van der Waals surface area contributed by atoms with Gasteiger partial charge in [-0.1, -0.05) is 20.3 Å². The van der Waals surface area contributed by atoms with Crippen LogP contribution in [0.3, 0.4) is 0 Å². The van der Waals surface area contributed by atoms with Gasteiger partial charge in [-0.15, -0.1) is 11.3 Å². The van der Waals surface area contributed by atoms with Gasteiger partial charge in [-0.25, -0.2) is 0 Å². The minimum atomic E-state index is 0.234. The van der Waals surface area contributed by atoms with E-state index in [2.05, 4.69) is 46.1 Å². The maximum atomic E-state index is 6.46. The summed E-state index contributed by atoms with van der Waals surface area (Å²) in [5.41, 5.74) is 6.46. The van der Waals surface area contributed by atoms with Crippen molar-refractivity contribution in [3.63, 3.8) is 0 Å². The fourth-order valence-corrected chi connectivity index (χ4v) is 4.79. The molecule has 0 spiro atoms. The van der Waals surface area contributed by atoms with Crippen LogP contribution in [0.15, 0.2) is 15.9 Å². The monoisotopic (exact) mass is 344 g/mol. The van der Waals surface area contributed by atoms with Crippen molar-refractivity contribution < 1.29 is 0 Å². The number of halogens is 1. The van der Waals surface area contributed by atoms with Crippen molar-refractivity contribution in [1.29, 1.82) is 0 Å². The summed E-state index contributed by atoms with van der Waals surface area (Å²) in [4.78, 5) is 4.09. The summed E-state index contributed by atoms with van der Waals surface area (Å²) in [5.74, 6) is 0. The van der Waals surface area contributed by atoms with E-state index in [1.54, 1.807) is 0 Å². The topological polar surface area (TPSA) is 29.3 Å². The second kappa shape index (κ2) is 7.21. The molecule has 0 aromatic carbocycles. The lowest BCUT2D eigenvalue weighted by atomic mass is 9.93. The van der Waals surface area contributed by atoms with Gasteiger partial charge in [0.2, 0.25) is 0 Å². The first-order valence-electron chi connectivity index (χ1n) is 7.42. The molecule has 1 saturated heterocycles. The SMILES string of the molecule is CCC(N)C(c1cc(Br)cs1)N1CCCCC1CC. The van der Waals surface area contributed by atoms with E-state index >= 15 is 0 Å². The molecule has 0 saturated carbocycles. The Hall–Kier alpha value is 0.1000. The normalized spacial score (nSPS) is 24.3. The first kappa shape index (κ1) is 15.5. The zero-order chi connectivity index (χ0) is 13.8. The molecular formula is C15H25BrN2S. The highest BCUT2D eigenvalue weighted by Gasteiger charge is 2.32. The molecule has 2 N–H and O–H groups in total. The van der Waals surface area contributed by atoms with Gasteiger partial charge in [0.05, 0.1) is 6.04 Å². The lowest BCUT2D eigenvalue weighted by Gasteiger charge is -2.43. The molecule has 1 aromatic rings. The highest BCUT2D eigenvalue weighted by atomic mass is 79.9. The number of hydrogen-bond acceptors (Lipinski definition) is 3. The second-order valence-corrected chi connectivity index (χ2v) is 7.34. The lowest BCUT2D eigenvalue weighted by Crippen LogP contribution is -2.47. The van der Waals surface area contributed by atoms with Crippen LogP contribution >= 0.6 is 27.3 Å². The number of nitrogens with zero attached hydrogens (tertiary/aromatic N) is 1. The average Bonchev–Trinajstić information content (AvgIpc) is 2.85. The number of hydrogen-bond donors (Lipinski definition) is 1. The Kier molecular flexibility index (Phi) is 5.87. The Labute approximate surface area is 129 Å². The van der Waals surface area contributed by atoms with Gasteiger partial charge in [-0.05, 0) is 54.2 Å². The minimum absolute atomic E-state index is 0.234. The number of nitrogens with two attached hydrogens (primary N) is 1. The summed E-state index contributed by atoms with van der Waals surface area (Å²) in [6.07, 6.45) is 6.29. The van der Waals surface area contributed by atoms with Crippen LogP contribution in [-0.4, -0.2) is 23.5 Å². The van der Waals surface area contributed by atoms with Gasteiger partial charge < -0.3 is 5.73 Å². The van der Waals surface area contributed by atoms with Crippen molar-refractivity contribution >= 4 is 27.3 Å². The van der Waals surface area contributed by atoms with Crippen molar-refractivity contribution in [2.45, 2.75) is 64.1 Å². The van der Waals surface area contributed by atoms with Crippen LogP contribution in [0.1, 0.15) is 56.9 Å². The molecule has 4 heteroatoms. The van der Waals surface area contributed by atoms with E-state index in [9.17, 15) is 0 Å². The molecule has 0 radical (unpaired) electrons. The lowest BCUT2D eigenvalue weighted by molar-refractivity contribution is 0.0776. The van der Waals surface area contributed by atoms with E-state index in [0.717, 1.165) is 6.42 Å². The molecule has 108 valence electrons. The van der Waals surface area contributed by atoms with E-state index in [1.165, 1.54) is 41.6 Å². The van der Waals surface area contributed by atoms with Crippen LogP contribution in [0.2, 0.25) is 0 Å². The Bertz CT molecular complexity index is 393. The van der Waals surface area contributed by atoms with Gasteiger partial charge in [0, 0.05) is 26.8 Å². The maximum absolute atomic E-state index is 6.46. The second-order valence-electron chi connectivity index (χ2n) is 5.48. The average molecular weight is 345 g/mol. The molecule has 0 aliphatic carbocycles. The third-order valence-electron chi connectivity index (χ3n) is 4.26. The number of thiophene rings is 1. The molecular weight excluding hydrogens is 320 g/mol. The van der Waals surface area contributed by atoms with Gasteiger partial charge >= 0.3 is 0 Å². The molecule has 2 heterocycles. The Balaban J connectivity index is 2.26. The van der Waals surface area contributed by atoms with Crippen LogP contribution in [0.4, 0.5) is 0 Å². The van der Waals surface area contributed by atoms with E-state index in [1.807, 2.05) is 11.3 Å². The zero-order valence-electron chi connectivity index (χ0n) is 11.9. The Morgan fingerprint density at radius 3 is 2.84 bits per heavy atom. The molecule has 1 aliphatic heterocycles. The van der Waals surface area contributed by atoms with E-state index < -0.39 is 0 Å². The molecule has 3 atom stereocenters. The van der Waals surface area contributed by atoms with Crippen molar-refractivity contribution in [2.24, 2.45) is 5.73 Å². The van der Waals surface area contributed by atoms with Gasteiger partial charge in [0.25, 0.3) is 0 Å². The summed E-state index contributed by atoms with van der Waals surface area (Å²) in [6, 6.07) is 3.59. The minimum Gasteiger partial charge on any atom is -0.326 e. The molecule has 0 bridgehead atoms. The van der Waals surface area contributed by atoms with Crippen molar-refractivity contribution in [3.05, 3.63) is 20.8 Å². The Morgan fingerprint density at radius 1 is 1.47 bits per heavy atom. The van der Waals surface area contributed by atoms with Gasteiger partial charge in [-0.3, -0.25) is 4.90 Å². The summed E-state index contributed by atoms with van der Waals surface area (Å²) in [6.45, 7) is 5.71. The third kappa shape index (κ3) is 3.60. The molecule has 19 heavy (non-hydrogen) atoms. The van der Waals surface area contributed by atoms with Crippen molar-refractivity contribution in [3.8, 4) is 0 Å². The first-order chi connectivity index (χ1) is 9.17. The number of rotatable bonds is 5. The quantitative estimate of drug-likeness (QED) is 0.848. The number of piperidine rings is 1. The first-order valence-corrected chi connectivity index (χ1v) is 9.09. The molecule has 0 amide bonds. The molecule has 1 aliphatic rings. The standard InChI is InChI=1S/C15H25BrN2S/c1-3-12-7-5-6-8-18(12)15(13(17)4-2)14-9-11(16)10-19-14/h9-10,12-13,15H,3-8,17H2,1-2H3. The largest absolute Gasteiger partial charge is 0.326 e. The molecule has 3 unspecified atom stereocenters. The predicted octanol–water partition coefficient (Wildman–Crippen LogP) is 4.55. The summed E-state index contributed by atoms with van der Waals surface area (Å²) in [7, 11) is 0. The zero-order valence-corrected chi connectivity index (χ0v) is 14.3. The fourth-order valence-electron chi connectivity index (χ4n) is 3.15. The maximum Gasteiger partial charge on any atom is 0.0596 e. The van der Waals surface area contributed by atoms with Crippen LogP contribution in [-0.2, 0) is 0 Å². The Morgan fingerprint density at radius 2 is 2.26 bits per heavy atom. The van der Waals surface area contributed by atoms with E-state index in [0.29, 0.717) is 12.1 Å². The van der Waals surface area contributed by atoms with Crippen molar-refractivity contribution in [1.82, 2.24) is 4.90 Å². The van der Waals surface area contributed by atoms with Crippen LogP contribution < -0.4 is 5.73 Å². The predicted molar refractivity (Wildman–Crippen MR) is 87.7 cm³/mol. The van der Waals surface area contributed by atoms with Crippen molar-refractivity contribution in [2.75, 3.05) is 6.54 Å². The van der Waals surface area contributed by atoms with Gasteiger partial charge in [0.15, 0.2) is 0 Å². The molecule has 2 nitrogen and oxygen atoms in total. The van der Waals surface area contributed by atoms with Crippen LogP contribution in [0, 0.1) is 0 Å². The molecule has 1 fully saturated rings. The smallest absolute Gasteiger partial charge is 0.0596 e. The van der Waals surface area contributed by atoms with Gasteiger partial charge in [-0.2, -0.15) is 0 Å². The third-order valence-corrected chi connectivity index (χ3v) is 6.02. The summed E-state index contributed by atoms with van der Waals surface area (Å²) in [5, 5.41) is 2.18. The van der Waals surface area contributed by atoms with Crippen LogP contribution in [0.25, 0.3) is 0 Å². The summed E-state index contributed by atoms with van der Waals surface area (Å²) < 4.78 is 1.19. The van der Waals surface area contributed by atoms with E-state index in [4.69, 9.17) is 5.73 Å². The van der Waals surface area contributed by atoms with Gasteiger partial charge in [0.1, 0.15) is 0 Å². The van der Waals surface area contributed by atoms with E-state index in [-0.39, 0.29) is 6.04 Å². The molecule has 1 aromatic heterocycles. The highest BCUT2D eigenvalue weighted by Crippen LogP contribution is 2.36. The number of likely N-dealkylation sites (tertiary alicyclic amines) is 1.